The normalized spacial score (nSPS) is 17.7. The minimum Gasteiger partial charge on any atom is -0.484 e. The fourth-order valence-corrected chi connectivity index (χ4v) is 2.66. The van der Waals surface area contributed by atoms with Gasteiger partial charge in [0, 0.05) is 11.6 Å². The van der Waals surface area contributed by atoms with Gasteiger partial charge >= 0.3 is 0 Å². The second kappa shape index (κ2) is 6.36. The molecule has 0 N–H and O–H groups in total. The summed E-state index contributed by atoms with van der Waals surface area (Å²) < 4.78 is 10.7. The summed E-state index contributed by atoms with van der Waals surface area (Å²) in [6, 6.07) is 6.77. The average molecular weight is 322 g/mol. The number of carbonyl (C=O) groups excluding carboxylic acids is 1. The average Bonchev–Trinajstić information content (AvgIpc) is 3.14. The number of hydrogen-bond donors (Lipinski definition) is 0. The lowest BCUT2D eigenvalue weighted by atomic mass is 10.2. The summed E-state index contributed by atoms with van der Waals surface area (Å²) >= 11 is 5.81. The highest BCUT2D eigenvalue weighted by Gasteiger charge is 2.33. The van der Waals surface area contributed by atoms with E-state index in [4.69, 9.17) is 20.9 Å². The molecular formula is C15H16ClN3O3. The number of rotatable bonds is 4. The van der Waals surface area contributed by atoms with E-state index in [1.54, 1.807) is 36.1 Å². The van der Waals surface area contributed by atoms with Gasteiger partial charge in [-0.1, -0.05) is 16.8 Å². The van der Waals surface area contributed by atoms with Gasteiger partial charge in [-0.05, 0) is 44.0 Å². The number of hydrogen-bond acceptors (Lipinski definition) is 5. The van der Waals surface area contributed by atoms with E-state index in [9.17, 15) is 4.79 Å². The molecule has 1 aliphatic heterocycles. The third-order valence-corrected chi connectivity index (χ3v) is 3.83. The van der Waals surface area contributed by atoms with Crippen molar-refractivity contribution in [1.29, 1.82) is 0 Å². The number of aromatic nitrogens is 2. The molecule has 1 aliphatic rings. The van der Waals surface area contributed by atoms with E-state index in [0.717, 1.165) is 12.8 Å². The van der Waals surface area contributed by atoms with Gasteiger partial charge in [-0.2, -0.15) is 4.98 Å². The number of benzene rings is 1. The Morgan fingerprint density at radius 2 is 2.23 bits per heavy atom. The Kier molecular flexibility index (Phi) is 4.29. The maximum atomic E-state index is 12.4. The van der Waals surface area contributed by atoms with Gasteiger partial charge in [-0.15, -0.1) is 0 Å². The number of halogens is 1. The van der Waals surface area contributed by atoms with E-state index >= 15 is 0 Å². The lowest BCUT2D eigenvalue weighted by Crippen LogP contribution is -2.34. The monoisotopic (exact) mass is 321 g/mol. The van der Waals surface area contributed by atoms with Gasteiger partial charge in [0.25, 0.3) is 5.91 Å². The fourth-order valence-electron chi connectivity index (χ4n) is 2.53. The van der Waals surface area contributed by atoms with Crippen LogP contribution >= 0.6 is 11.6 Å². The van der Waals surface area contributed by atoms with Gasteiger partial charge < -0.3 is 14.2 Å². The molecule has 1 amide bonds. The van der Waals surface area contributed by atoms with Crippen molar-refractivity contribution in [3.05, 3.63) is 41.0 Å². The number of nitrogens with zero attached hydrogens (tertiary/aromatic N) is 3. The van der Waals surface area contributed by atoms with Gasteiger partial charge in [-0.25, -0.2) is 0 Å². The third kappa shape index (κ3) is 3.22. The van der Waals surface area contributed by atoms with Crippen LogP contribution in [0.1, 0.15) is 30.6 Å². The second-order valence-electron chi connectivity index (χ2n) is 5.17. The minimum atomic E-state index is -0.150. The van der Waals surface area contributed by atoms with E-state index in [1.165, 1.54) is 0 Å². The van der Waals surface area contributed by atoms with Crippen molar-refractivity contribution in [2.75, 3.05) is 13.2 Å². The van der Waals surface area contributed by atoms with Crippen molar-refractivity contribution in [3.63, 3.8) is 0 Å². The summed E-state index contributed by atoms with van der Waals surface area (Å²) in [6.45, 7) is 2.41. The van der Waals surface area contributed by atoms with Crippen LogP contribution in [0.3, 0.4) is 0 Å². The second-order valence-corrected chi connectivity index (χ2v) is 5.60. The minimum absolute atomic E-state index is 0.0226. The zero-order valence-corrected chi connectivity index (χ0v) is 12.9. The fraction of sp³-hybridized carbons (Fsp3) is 0.400. The maximum absolute atomic E-state index is 12.4. The van der Waals surface area contributed by atoms with E-state index < -0.39 is 0 Å². The van der Waals surface area contributed by atoms with Crippen LogP contribution in [0, 0.1) is 6.92 Å². The van der Waals surface area contributed by atoms with Gasteiger partial charge in [0.1, 0.15) is 11.8 Å². The summed E-state index contributed by atoms with van der Waals surface area (Å²) in [5.74, 6) is 1.59. The van der Waals surface area contributed by atoms with Crippen molar-refractivity contribution in [2.24, 2.45) is 0 Å². The van der Waals surface area contributed by atoms with Crippen LogP contribution in [0.15, 0.2) is 28.8 Å². The Bertz CT molecular complexity index is 656. The molecule has 116 valence electrons. The van der Waals surface area contributed by atoms with Gasteiger partial charge in [0.05, 0.1) is 0 Å². The lowest BCUT2D eigenvalue weighted by Gasteiger charge is -2.21. The van der Waals surface area contributed by atoms with Gasteiger partial charge in [-0.3, -0.25) is 4.79 Å². The predicted octanol–water partition coefficient (Wildman–Crippen LogP) is 2.77. The van der Waals surface area contributed by atoms with Crippen LogP contribution in [-0.4, -0.2) is 34.1 Å². The van der Waals surface area contributed by atoms with Crippen molar-refractivity contribution >= 4 is 17.5 Å². The molecular weight excluding hydrogens is 306 g/mol. The SMILES string of the molecule is Cc1noc(C2CCCN2C(=O)COc2ccc(Cl)cc2)n1. The highest BCUT2D eigenvalue weighted by Crippen LogP contribution is 2.30. The molecule has 1 aromatic heterocycles. The Hall–Kier alpha value is -2.08. The standard InChI is InChI=1S/C15H16ClN3O3/c1-10-17-15(22-18-10)13-3-2-8-19(13)14(20)9-21-12-6-4-11(16)5-7-12/h4-7,13H,2-3,8-9H2,1H3. The van der Waals surface area contributed by atoms with E-state index in [-0.39, 0.29) is 18.6 Å². The summed E-state index contributed by atoms with van der Waals surface area (Å²) in [5, 5.41) is 4.42. The molecule has 1 atom stereocenters. The van der Waals surface area contributed by atoms with Crippen LogP contribution < -0.4 is 4.74 Å². The predicted molar refractivity (Wildman–Crippen MR) is 79.7 cm³/mol. The summed E-state index contributed by atoms with van der Waals surface area (Å²) in [6.07, 6.45) is 1.74. The van der Waals surface area contributed by atoms with Crippen LogP contribution in [0.2, 0.25) is 5.02 Å². The zero-order valence-electron chi connectivity index (χ0n) is 12.2. The van der Waals surface area contributed by atoms with Gasteiger partial charge in [0.2, 0.25) is 5.89 Å². The Morgan fingerprint density at radius 3 is 2.91 bits per heavy atom. The topological polar surface area (TPSA) is 68.5 Å². The van der Waals surface area contributed by atoms with E-state index in [1.807, 2.05) is 0 Å². The Balaban J connectivity index is 1.62. The smallest absolute Gasteiger partial charge is 0.261 e. The van der Waals surface area contributed by atoms with Crippen molar-refractivity contribution in [1.82, 2.24) is 15.0 Å². The van der Waals surface area contributed by atoms with Gasteiger partial charge in [0.15, 0.2) is 12.4 Å². The first kappa shape index (κ1) is 14.8. The van der Waals surface area contributed by atoms with Crippen LogP contribution in [0.4, 0.5) is 0 Å². The Morgan fingerprint density at radius 1 is 1.45 bits per heavy atom. The molecule has 0 aliphatic carbocycles. The largest absolute Gasteiger partial charge is 0.484 e. The molecule has 7 heteroatoms. The molecule has 0 radical (unpaired) electrons. The lowest BCUT2D eigenvalue weighted by molar-refractivity contribution is -0.134. The molecule has 2 aromatic rings. The number of amides is 1. The molecule has 0 bridgehead atoms. The quantitative estimate of drug-likeness (QED) is 0.866. The van der Waals surface area contributed by atoms with Crippen LogP contribution in [0.5, 0.6) is 5.75 Å². The van der Waals surface area contributed by atoms with Crippen LogP contribution in [-0.2, 0) is 4.79 Å². The molecule has 2 heterocycles. The number of aryl methyl sites for hydroxylation is 1. The van der Waals surface area contributed by atoms with Crippen molar-refractivity contribution < 1.29 is 14.1 Å². The molecule has 1 saturated heterocycles. The first-order valence-electron chi connectivity index (χ1n) is 7.11. The maximum Gasteiger partial charge on any atom is 0.261 e. The molecule has 1 fully saturated rings. The highest BCUT2D eigenvalue weighted by molar-refractivity contribution is 6.30. The summed E-state index contributed by atoms with van der Waals surface area (Å²) in [5.41, 5.74) is 0. The molecule has 1 aromatic carbocycles. The first-order valence-corrected chi connectivity index (χ1v) is 7.49. The molecule has 22 heavy (non-hydrogen) atoms. The van der Waals surface area contributed by atoms with E-state index in [2.05, 4.69) is 10.1 Å². The van der Waals surface area contributed by atoms with Crippen LogP contribution in [0.25, 0.3) is 0 Å². The number of carbonyl (C=O) groups is 1. The highest BCUT2D eigenvalue weighted by atomic mass is 35.5. The van der Waals surface area contributed by atoms with E-state index in [0.29, 0.717) is 29.0 Å². The third-order valence-electron chi connectivity index (χ3n) is 3.58. The number of likely N-dealkylation sites (tertiary alicyclic amines) is 1. The molecule has 0 saturated carbocycles. The Labute approximate surface area is 133 Å². The molecule has 6 nitrogen and oxygen atoms in total. The summed E-state index contributed by atoms with van der Waals surface area (Å²) in [4.78, 5) is 18.3. The molecule has 3 rings (SSSR count). The number of ether oxygens (including phenoxy) is 1. The zero-order chi connectivity index (χ0) is 15.5. The summed E-state index contributed by atoms with van der Waals surface area (Å²) in [7, 11) is 0. The van der Waals surface area contributed by atoms with Crippen molar-refractivity contribution in [2.45, 2.75) is 25.8 Å². The first-order chi connectivity index (χ1) is 10.6. The molecule has 0 spiro atoms. The van der Waals surface area contributed by atoms with Crippen molar-refractivity contribution in [3.8, 4) is 5.75 Å². The molecule has 1 unspecified atom stereocenters.